The number of hydrogen-bond acceptors (Lipinski definition) is 3. The van der Waals surface area contributed by atoms with Crippen LogP contribution in [0, 0.1) is 15.3 Å². The molecule has 0 amide bonds. The zero-order valence-electron chi connectivity index (χ0n) is 11.1. The van der Waals surface area contributed by atoms with Gasteiger partial charge in [-0.25, -0.2) is 4.39 Å². The Morgan fingerprint density at radius 1 is 1.50 bits per heavy atom. The van der Waals surface area contributed by atoms with E-state index in [1.807, 2.05) is 11.8 Å². The van der Waals surface area contributed by atoms with Gasteiger partial charge in [-0.15, -0.1) is 0 Å². The maximum absolute atomic E-state index is 13.2. The van der Waals surface area contributed by atoms with E-state index < -0.39 is 6.10 Å². The summed E-state index contributed by atoms with van der Waals surface area (Å²) < 4.78 is 20.0. The van der Waals surface area contributed by atoms with Crippen LogP contribution in [0.25, 0.3) is 0 Å². The Labute approximate surface area is 136 Å². The average Bonchev–Trinajstić information content (AvgIpc) is 2.86. The fourth-order valence-corrected chi connectivity index (χ4v) is 5.37. The molecule has 1 spiro atoms. The summed E-state index contributed by atoms with van der Waals surface area (Å²) in [5.74, 6) is 2.15. The second-order valence-electron chi connectivity index (χ2n) is 5.70. The van der Waals surface area contributed by atoms with Gasteiger partial charge in [0.05, 0.1) is 11.7 Å². The third kappa shape index (κ3) is 3.00. The van der Waals surface area contributed by atoms with E-state index in [1.165, 1.54) is 12.1 Å². The van der Waals surface area contributed by atoms with Gasteiger partial charge in [-0.05, 0) is 71.2 Å². The van der Waals surface area contributed by atoms with Crippen LogP contribution in [0.5, 0.6) is 0 Å². The lowest BCUT2D eigenvalue weighted by molar-refractivity contribution is -0.102. The number of halogens is 2. The minimum absolute atomic E-state index is 0.0277. The third-order valence-electron chi connectivity index (χ3n) is 4.33. The molecule has 0 radical (unpaired) electrons. The molecule has 0 aromatic heterocycles. The van der Waals surface area contributed by atoms with Crippen molar-refractivity contribution >= 4 is 34.4 Å². The maximum atomic E-state index is 13.2. The van der Waals surface area contributed by atoms with Gasteiger partial charge in [0, 0.05) is 15.9 Å². The van der Waals surface area contributed by atoms with E-state index >= 15 is 0 Å². The van der Waals surface area contributed by atoms with Crippen molar-refractivity contribution in [2.24, 2.45) is 5.92 Å². The lowest BCUT2D eigenvalue weighted by atomic mass is 9.80. The molecule has 3 rings (SSSR count). The number of hydrogen-bond donors (Lipinski definition) is 1. The minimum atomic E-state index is -0.520. The smallest absolute Gasteiger partial charge is 0.124 e. The Hall–Kier alpha value is 0.150. The van der Waals surface area contributed by atoms with Gasteiger partial charge in [0.15, 0.2) is 0 Å². The molecule has 2 aliphatic heterocycles. The normalized spacial score (nSPS) is 31.6. The van der Waals surface area contributed by atoms with Gasteiger partial charge in [0.2, 0.25) is 0 Å². The van der Waals surface area contributed by atoms with E-state index in [9.17, 15) is 9.50 Å². The number of benzene rings is 1. The summed E-state index contributed by atoms with van der Waals surface area (Å²) in [6, 6.07) is 4.63. The molecule has 0 saturated carbocycles. The monoisotopic (exact) mass is 408 g/mol. The van der Waals surface area contributed by atoms with Gasteiger partial charge in [-0.1, -0.05) is 6.07 Å². The summed E-state index contributed by atoms with van der Waals surface area (Å²) in [7, 11) is 0. The molecule has 2 nitrogen and oxygen atoms in total. The number of rotatable bonds is 2. The Morgan fingerprint density at radius 2 is 2.35 bits per heavy atom. The molecular weight excluding hydrogens is 390 g/mol. The Balaban J connectivity index is 1.77. The Morgan fingerprint density at radius 3 is 3.05 bits per heavy atom. The fraction of sp³-hybridized carbons (Fsp3) is 0.600. The van der Waals surface area contributed by atoms with Crippen LogP contribution in [0.2, 0.25) is 0 Å². The summed E-state index contributed by atoms with van der Waals surface area (Å²) in [5, 5.41) is 10.7. The highest BCUT2D eigenvalue weighted by molar-refractivity contribution is 14.1. The summed E-state index contributed by atoms with van der Waals surface area (Å²) in [6.07, 6.45) is 2.35. The van der Waals surface area contributed by atoms with Gasteiger partial charge in [-0.3, -0.25) is 0 Å². The molecule has 110 valence electrons. The average molecular weight is 408 g/mol. The zero-order chi connectivity index (χ0) is 14.2. The van der Waals surface area contributed by atoms with Crippen LogP contribution in [-0.2, 0) is 4.74 Å². The molecule has 3 atom stereocenters. The lowest BCUT2D eigenvalue weighted by Gasteiger charge is -2.39. The van der Waals surface area contributed by atoms with E-state index in [4.69, 9.17) is 4.74 Å². The van der Waals surface area contributed by atoms with E-state index in [2.05, 4.69) is 22.6 Å². The van der Waals surface area contributed by atoms with Crippen LogP contribution >= 0.6 is 34.4 Å². The van der Waals surface area contributed by atoms with Crippen LogP contribution in [0.1, 0.15) is 30.9 Å². The van der Waals surface area contributed by atoms with E-state index in [0.717, 1.165) is 46.5 Å². The summed E-state index contributed by atoms with van der Waals surface area (Å²) in [4.78, 5) is 0. The van der Waals surface area contributed by atoms with Crippen molar-refractivity contribution in [3.63, 3.8) is 0 Å². The molecule has 0 aliphatic carbocycles. The van der Waals surface area contributed by atoms with Gasteiger partial charge < -0.3 is 9.84 Å². The minimum Gasteiger partial charge on any atom is -0.388 e. The third-order valence-corrected chi connectivity index (χ3v) is 6.48. The highest BCUT2D eigenvalue weighted by Gasteiger charge is 2.42. The van der Waals surface area contributed by atoms with Crippen LogP contribution < -0.4 is 0 Å². The van der Waals surface area contributed by atoms with Gasteiger partial charge in [0.25, 0.3) is 0 Å². The lowest BCUT2D eigenvalue weighted by Crippen LogP contribution is -2.41. The van der Waals surface area contributed by atoms with Crippen LogP contribution in [0.15, 0.2) is 18.2 Å². The van der Waals surface area contributed by atoms with Crippen molar-refractivity contribution in [2.45, 2.75) is 31.0 Å². The molecule has 20 heavy (non-hydrogen) atoms. The number of thioether (sulfide) groups is 1. The molecule has 2 aliphatic rings. The van der Waals surface area contributed by atoms with E-state index in [-0.39, 0.29) is 17.3 Å². The quantitative estimate of drug-likeness (QED) is 0.756. The highest BCUT2D eigenvalue weighted by atomic mass is 127. The second-order valence-corrected chi connectivity index (χ2v) is 7.96. The molecule has 3 unspecified atom stereocenters. The van der Waals surface area contributed by atoms with Crippen molar-refractivity contribution in [3.05, 3.63) is 33.1 Å². The Kier molecular flexibility index (Phi) is 4.60. The first-order chi connectivity index (χ1) is 9.60. The highest BCUT2D eigenvalue weighted by Crippen LogP contribution is 2.44. The van der Waals surface area contributed by atoms with Crippen molar-refractivity contribution in [1.82, 2.24) is 0 Å². The molecule has 0 bridgehead atoms. The number of aliphatic hydroxyl groups is 1. The zero-order valence-corrected chi connectivity index (χ0v) is 14.1. The van der Waals surface area contributed by atoms with Crippen molar-refractivity contribution in [2.75, 3.05) is 18.1 Å². The predicted octanol–water partition coefficient (Wildman–Crippen LogP) is 3.77. The molecule has 1 aromatic rings. The largest absolute Gasteiger partial charge is 0.388 e. The molecule has 1 N–H and O–H groups in total. The molecule has 2 fully saturated rings. The van der Waals surface area contributed by atoms with E-state index in [0.29, 0.717) is 0 Å². The first kappa shape index (κ1) is 15.1. The van der Waals surface area contributed by atoms with Gasteiger partial charge >= 0.3 is 0 Å². The first-order valence-electron chi connectivity index (χ1n) is 6.94. The van der Waals surface area contributed by atoms with Crippen molar-refractivity contribution in [3.8, 4) is 0 Å². The molecular formula is C15H18FIO2S. The van der Waals surface area contributed by atoms with Gasteiger partial charge in [-0.2, -0.15) is 11.8 Å². The molecule has 2 saturated heterocycles. The summed E-state index contributed by atoms with van der Waals surface area (Å²) in [5.41, 5.74) is 0.819. The first-order valence-corrected chi connectivity index (χ1v) is 9.18. The predicted molar refractivity (Wildman–Crippen MR) is 87.4 cm³/mol. The fourth-order valence-electron chi connectivity index (χ4n) is 3.19. The van der Waals surface area contributed by atoms with Gasteiger partial charge in [0.1, 0.15) is 5.82 Å². The van der Waals surface area contributed by atoms with Crippen LogP contribution in [0.3, 0.4) is 0 Å². The summed E-state index contributed by atoms with van der Waals surface area (Å²) in [6.45, 7) is 0.722. The number of aliphatic hydroxyl groups excluding tert-OH is 1. The van der Waals surface area contributed by atoms with Crippen LogP contribution in [0.4, 0.5) is 4.39 Å². The second kappa shape index (κ2) is 6.10. The Bertz CT molecular complexity index is 491. The topological polar surface area (TPSA) is 29.5 Å². The standard InChI is InChI=1S/C15H18FIO2S/c16-11-1-2-12(13(17)7-11)14(18)10-3-5-19-15(8-10)4-6-20-9-15/h1-2,7,10,14,18H,3-6,8-9H2. The summed E-state index contributed by atoms with van der Waals surface area (Å²) >= 11 is 4.04. The molecule has 1 aromatic carbocycles. The molecule has 5 heteroatoms. The molecule has 2 heterocycles. The van der Waals surface area contributed by atoms with E-state index in [1.54, 1.807) is 6.07 Å². The SMILES string of the molecule is OC(c1ccc(F)cc1I)C1CCOC2(CCSC2)C1. The van der Waals surface area contributed by atoms with Crippen LogP contribution in [-0.4, -0.2) is 28.8 Å². The van der Waals surface area contributed by atoms with Crippen molar-refractivity contribution < 1.29 is 14.2 Å². The number of ether oxygens (including phenoxy) is 1. The van der Waals surface area contributed by atoms with Crippen molar-refractivity contribution in [1.29, 1.82) is 0 Å². The maximum Gasteiger partial charge on any atom is 0.124 e.